The predicted molar refractivity (Wildman–Crippen MR) is 93.4 cm³/mol. The van der Waals surface area contributed by atoms with Crippen LogP contribution in [0, 0.1) is 11.6 Å². The second-order valence-electron chi connectivity index (χ2n) is 5.74. The third-order valence-corrected chi connectivity index (χ3v) is 4.97. The molecule has 7 heteroatoms. The highest BCUT2D eigenvalue weighted by atomic mass is 32.2. The normalized spacial score (nSPS) is 11.6. The number of rotatable bonds is 5. The van der Waals surface area contributed by atoms with Gasteiger partial charge in [-0.3, -0.25) is 4.98 Å². The number of hydrogen-bond acceptors (Lipinski definition) is 4. The van der Waals surface area contributed by atoms with Crippen LogP contribution in [-0.2, 0) is 16.3 Å². The van der Waals surface area contributed by atoms with E-state index in [1.165, 1.54) is 12.3 Å². The summed E-state index contributed by atoms with van der Waals surface area (Å²) in [6, 6.07) is 10.4. The molecule has 1 heterocycles. The van der Waals surface area contributed by atoms with Gasteiger partial charge in [0.25, 0.3) is 0 Å². The summed E-state index contributed by atoms with van der Waals surface area (Å²) in [5.41, 5.74) is 1.66. The van der Waals surface area contributed by atoms with Crippen molar-refractivity contribution < 1.29 is 17.2 Å². The van der Waals surface area contributed by atoms with E-state index in [4.69, 9.17) is 0 Å². The minimum Gasteiger partial charge on any atom is -0.384 e. The number of sulfone groups is 1. The molecule has 0 aliphatic heterocycles. The zero-order valence-electron chi connectivity index (χ0n) is 13.5. The van der Waals surface area contributed by atoms with E-state index in [0.29, 0.717) is 24.0 Å². The number of nitrogens with one attached hydrogen (secondary N) is 1. The van der Waals surface area contributed by atoms with Gasteiger partial charge >= 0.3 is 0 Å². The summed E-state index contributed by atoms with van der Waals surface area (Å²) in [6.45, 7) is 0.523. The lowest BCUT2D eigenvalue weighted by atomic mass is 10.1. The van der Waals surface area contributed by atoms with Crippen LogP contribution in [0.5, 0.6) is 0 Å². The molecular formula is C18H16F2N2O2S. The molecule has 0 radical (unpaired) electrons. The standard InChI is InChI=1S/C18H16F2N2O2S/c1-25(23,24)14-4-2-12(3-5-14)6-8-21-17-7-9-22-18-15(17)10-13(19)11-16(18)20/h2-5,7,9-11H,6,8H2,1H3,(H,21,22). The van der Waals surface area contributed by atoms with Gasteiger partial charge in [0, 0.05) is 36.1 Å². The van der Waals surface area contributed by atoms with Gasteiger partial charge < -0.3 is 5.32 Å². The smallest absolute Gasteiger partial charge is 0.175 e. The number of hydrogen-bond donors (Lipinski definition) is 1. The van der Waals surface area contributed by atoms with E-state index in [1.807, 2.05) is 0 Å². The van der Waals surface area contributed by atoms with Crippen molar-refractivity contribution in [1.29, 1.82) is 0 Å². The Labute approximate surface area is 144 Å². The summed E-state index contributed by atoms with van der Waals surface area (Å²) in [4.78, 5) is 4.22. The Kier molecular flexibility index (Phi) is 4.67. The molecule has 0 fully saturated rings. The van der Waals surface area contributed by atoms with Crippen molar-refractivity contribution in [2.75, 3.05) is 18.1 Å². The first-order chi connectivity index (χ1) is 11.8. The molecule has 0 aliphatic rings. The Balaban J connectivity index is 1.73. The molecule has 2 aromatic carbocycles. The number of aromatic nitrogens is 1. The molecule has 0 amide bonds. The Hall–Kier alpha value is -2.54. The van der Waals surface area contributed by atoms with Crippen molar-refractivity contribution in [3.05, 3.63) is 65.9 Å². The number of benzene rings is 2. The molecule has 0 bridgehead atoms. The van der Waals surface area contributed by atoms with Crippen LogP contribution in [0.3, 0.4) is 0 Å². The molecule has 0 aliphatic carbocycles. The second kappa shape index (κ2) is 6.76. The van der Waals surface area contributed by atoms with Crippen molar-refractivity contribution in [1.82, 2.24) is 4.98 Å². The molecule has 4 nitrogen and oxygen atoms in total. The van der Waals surface area contributed by atoms with E-state index in [1.54, 1.807) is 30.3 Å². The van der Waals surface area contributed by atoms with Gasteiger partial charge in [-0.15, -0.1) is 0 Å². The zero-order chi connectivity index (χ0) is 18.0. The van der Waals surface area contributed by atoms with E-state index in [-0.39, 0.29) is 10.4 Å². The third kappa shape index (κ3) is 3.93. The summed E-state index contributed by atoms with van der Waals surface area (Å²) in [5.74, 6) is -1.35. The summed E-state index contributed by atoms with van der Waals surface area (Å²) in [6.07, 6.45) is 3.26. The fraction of sp³-hybridized carbons (Fsp3) is 0.167. The number of pyridine rings is 1. The van der Waals surface area contributed by atoms with E-state index in [9.17, 15) is 17.2 Å². The average molecular weight is 362 g/mol. The van der Waals surface area contributed by atoms with Gasteiger partial charge in [-0.05, 0) is 36.2 Å². The van der Waals surface area contributed by atoms with Gasteiger partial charge in [0.05, 0.1) is 4.90 Å². The lowest BCUT2D eigenvalue weighted by Gasteiger charge is -2.10. The summed E-state index contributed by atoms with van der Waals surface area (Å²) in [7, 11) is -3.21. The highest BCUT2D eigenvalue weighted by molar-refractivity contribution is 7.90. The Bertz CT molecular complexity index is 1020. The lowest BCUT2D eigenvalue weighted by Crippen LogP contribution is -2.06. The van der Waals surface area contributed by atoms with Gasteiger partial charge in [0.2, 0.25) is 0 Å². The maximum Gasteiger partial charge on any atom is 0.175 e. The molecule has 1 N–H and O–H groups in total. The summed E-state index contributed by atoms with van der Waals surface area (Å²) >= 11 is 0. The molecule has 0 unspecified atom stereocenters. The highest BCUT2D eigenvalue weighted by Gasteiger charge is 2.09. The van der Waals surface area contributed by atoms with Crippen LogP contribution in [0.4, 0.5) is 14.5 Å². The molecule has 0 spiro atoms. The topological polar surface area (TPSA) is 59.1 Å². The van der Waals surface area contributed by atoms with Crippen molar-refractivity contribution >= 4 is 26.4 Å². The van der Waals surface area contributed by atoms with Gasteiger partial charge in [0.15, 0.2) is 15.7 Å². The predicted octanol–water partition coefficient (Wildman–Crippen LogP) is 3.57. The van der Waals surface area contributed by atoms with Gasteiger partial charge in [-0.25, -0.2) is 17.2 Å². The Morgan fingerprint density at radius 3 is 2.48 bits per heavy atom. The van der Waals surface area contributed by atoms with Gasteiger partial charge in [0.1, 0.15) is 11.3 Å². The van der Waals surface area contributed by atoms with Crippen molar-refractivity contribution in [2.24, 2.45) is 0 Å². The van der Waals surface area contributed by atoms with Crippen LogP contribution in [0.25, 0.3) is 10.9 Å². The van der Waals surface area contributed by atoms with Gasteiger partial charge in [-0.2, -0.15) is 0 Å². The highest BCUT2D eigenvalue weighted by Crippen LogP contribution is 2.24. The quantitative estimate of drug-likeness (QED) is 0.754. The van der Waals surface area contributed by atoms with Crippen LogP contribution in [0.2, 0.25) is 0 Å². The van der Waals surface area contributed by atoms with Crippen LogP contribution in [0.1, 0.15) is 5.56 Å². The van der Waals surface area contributed by atoms with E-state index < -0.39 is 21.5 Å². The first-order valence-corrected chi connectivity index (χ1v) is 9.50. The molecule has 130 valence electrons. The minimum absolute atomic E-state index is 0.115. The molecule has 1 aromatic heterocycles. The van der Waals surface area contributed by atoms with E-state index in [0.717, 1.165) is 17.9 Å². The molecule has 0 saturated heterocycles. The fourth-order valence-electron chi connectivity index (χ4n) is 2.58. The van der Waals surface area contributed by atoms with E-state index in [2.05, 4.69) is 10.3 Å². The first-order valence-electron chi connectivity index (χ1n) is 7.61. The molecule has 0 saturated carbocycles. The number of halogens is 2. The largest absolute Gasteiger partial charge is 0.384 e. The minimum atomic E-state index is -3.21. The number of nitrogens with zero attached hydrogens (tertiary/aromatic N) is 1. The van der Waals surface area contributed by atoms with Crippen LogP contribution >= 0.6 is 0 Å². The zero-order valence-corrected chi connectivity index (χ0v) is 14.3. The second-order valence-corrected chi connectivity index (χ2v) is 7.75. The molecule has 3 aromatic rings. The Morgan fingerprint density at radius 2 is 1.80 bits per heavy atom. The Morgan fingerprint density at radius 1 is 1.08 bits per heavy atom. The maximum absolute atomic E-state index is 13.8. The first kappa shape index (κ1) is 17.3. The summed E-state index contributed by atoms with van der Waals surface area (Å²) in [5, 5.41) is 3.53. The summed E-state index contributed by atoms with van der Waals surface area (Å²) < 4.78 is 50.1. The molecular weight excluding hydrogens is 346 g/mol. The van der Waals surface area contributed by atoms with Crippen LogP contribution in [-0.4, -0.2) is 26.2 Å². The van der Waals surface area contributed by atoms with Crippen molar-refractivity contribution in [3.63, 3.8) is 0 Å². The molecule has 3 rings (SSSR count). The lowest BCUT2D eigenvalue weighted by molar-refractivity contribution is 0.590. The number of fused-ring (bicyclic) bond motifs is 1. The monoisotopic (exact) mass is 362 g/mol. The maximum atomic E-state index is 13.8. The molecule has 25 heavy (non-hydrogen) atoms. The van der Waals surface area contributed by atoms with Crippen LogP contribution in [0.15, 0.2) is 53.6 Å². The van der Waals surface area contributed by atoms with Crippen molar-refractivity contribution in [3.8, 4) is 0 Å². The third-order valence-electron chi connectivity index (χ3n) is 3.84. The van der Waals surface area contributed by atoms with E-state index >= 15 is 0 Å². The number of anilines is 1. The average Bonchev–Trinajstić information content (AvgIpc) is 2.55. The molecule has 0 atom stereocenters. The van der Waals surface area contributed by atoms with Crippen molar-refractivity contribution in [2.45, 2.75) is 11.3 Å². The SMILES string of the molecule is CS(=O)(=O)c1ccc(CCNc2ccnc3c(F)cc(F)cc23)cc1. The van der Waals surface area contributed by atoms with Crippen LogP contribution < -0.4 is 5.32 Å². The fourth-order valence-corrected chi connectivity index (χ4v) is 3.21. The van der Waals surface area contributed by atoms with Gasteiger partial charge in [-0.1, -0.05) is 12.1 Å².